The maximum absolute atomic E-state index is 9.43. The predicted octanol–water partition coefficient (Wildman–Crippen LogP) is 6.37. The fourth-order valence-electron chi connectivity index (χ4n) is 3.46. The number of hydrogen-bond donors (Lipinski definition) is 2. The SMILES string of the molecule is O=C(O)CC(=O)O.[KH].[Li][CH2]C(CCCCCC)CCCCCCCCCCCC. The fourth-order valence-corrected chi connectivity index (χ4v) is 3.46. The number of carboxylic acid groups (broad SMARTS) is 2. The zero-order chi connectivity index (χ0) is 21.5. The summed E-state index contributed by atoms with van der Waals surface area (Å²) in [6.45, 7) is 4.61. The molecule has 0 rings (SSSR count). The molecule has 1 atom stereocenters. The van der Waals surface area contributed by atoms with Crippen molar-refractivity contribution < 1.29 is 19.8 Å². The van der Waals surface area contributed by atoms with Crippen LogP contribution in [0.2, 0.25) is 5.09 Å². The second-order valence-corrected chi connectivity index (χ2v) is 8.06. The molecule has 164 valence electrons. The predicted molar refractivity (Wildman–Crippen MR) is 126 cm³/mol. The van der Waals surface area contributed by atoms with Crippen molar-refractivity contribution in [3.63, 3.8) is 0 Å². The zero-order valence-corrected chi connectivity index (χ0v) is 19.0. The number of carbonyl (C=O) groups is 2. The molecular formula is C23H46KLiO4. The van der Waals surface area contributed by atoms with E-state index in [0.29, 0.717) is 0 Å². The summed E-state index contributed by atoms with van der Waals surface area (Å²) >= 11 is 2.39. The number of aliphatic carboxylic acids is 2. The van der Waals surface area contributed by atoms with Gasteiger partial charge in [-0.2, -0.15) is 0 Å². The number of carboxylic acids is 2. The molecule has 0 aromatic carbocycles. The normalized spacial score (nSPS) is 11.2. The molecular weight excluding hydrogens is 386 g/mol. The van der Waals surface area contributed by atoms with E-state index in [4.69, 9.17) is 10.2 Å². The van der Waals surface area contributed by atoms with Crippen LogP contribution in [0, 0.1) is 5.92 Å². The fraction of sp³-hybridized carbons (Fsp3) is 0.913. The quantitative estimate of drug-likeness (QED) is 0.141. The van der Waals surface area contributed by atoms with Crippen molar-refractivity contribution in [2.45, 2.75) is 128 Å². The zero-order valence-electron chi connectivity index (χ0n) is 19.0. The van der Waals surface area contributed by atoms with Gasteiger partial charge in [-0.05, 0) is 0 Å². The van der Waals surface area contributed by atoms with Crippen LogP contribution in [0.15, 0.2) is 0 Å². The average molecular weight is 433 g/mol. The second-order valence-electron chi connectivity index (χ2n) is 8.06. The van der Waals surface area contributed by atoms with Gasteiger partial charge in [0.25, 0.3) is 0 Å². The van der Waals surface area contributed by atoms with Crippen molar-refractivity contribution >= 4 is 81.0 Å². The van der Waals surface area contributed by atoms with Crippen molar-refractivity contribution in [2.24, 2.45) is 5.92 Å². The summed E-state index contributed by atoms with van der Waals surface area (Å²) in [5, 5.41) is 16.8. The van der Waals surface area contributed by atoms with Gasteiger partial charge in [-0.25, -0.2) is 0 Å². The van der Waals surface area contributed by atoms with Crippen LogP contribution in [0.4, 0.5) is 0 Å². The molecule has 0 aromatic rings. The van der Waals surface area contributed by atoms with Crippen molar-refractivity contribution in [1.82, 2.24) is 0 Å². The first-order valence-electron chi connectivity index (χ1n) is 11.9. The van der Waals surface area contributed by atoms with Gasteiger partial charge in [0.1, 0.15) is 6.42 Å². The van der Waals surface area contributed by atoms with E-state index in [9.17, 15) is 9.59 Å². The molecule has 4 nitrogen and oxygen atoms in total. The van der Waals surface area contributed by atoms with Gasteiger partial charge in [0.05, 0.1) is 0 Å². The summed E-state index contributed by atoms with van der Waals surface area (Å²) in [7, 11) is 0. The Bertz CT molecular complexity index is 342. The number of unbranched alkanes of at least 4 members (excludes halogenated alkanes) is 12. The summed E-state index contributed by atoms with van der Waals surface area (Å²) in [4.78, 5) is 18.9. The van der Waals surface area contributed by atoms with Gasteiger partial charge in [-0.3, -0.25) is 9.59 Å². The van der Waals surface area contributed by atoms with E-state index < -0.39 is 18.4 Å². The van der Waals surface area contributed by atoms with Crippen LogP contribution in [0.5, 0.6) is 0 Å². The Kier molecular flexibility index (Phi) is 35.0. The molecule has 0 fully saturated rings. The molecule has 0 aliphatic carbocycles. The number of rotatable bonds is 19. The summed E-state index contributed by atoms with van der Waals surface area (Å²) in [5.74, 6) is -1.60. The molecule has 0 heterocycles. The first kappa shape index (κ1) is 34.8. The van der Waals surface area contributed by atoms with Crippen LogP contribution in [0.3, 0.4) is 0 Å². The molecule has 0 aromatic heterocycles. The smallest absolute Gasteiger partial charge is 0.0654 e. The van der Waals surface area contributed by atoms with Gasteiger partial charge in [0, 0.05) is 0 Å². The van der Waals surface area contributed by atoms with Crippen LogP contribution in [0.25, 0.3) is 0 Å². The third-order valence-electron chi connectivity index (χ3n) is 5.31. The molecule has 0 radical (unpaired) electrons. The van der Waals surface area contributed by atoms with Crippen molar-refractivity contribution in [3.05, 3.63) is 0 Å². The minimum absolute atomic E-state index is 0. The van der Waals surface area contributed by atoms with E-state index >= 15 is 0 Å². The minimum Gasteiger partial charge on any atom is -0.0654 e. The van der Waals surface area contributed by atoms with Crippen LogP contribution in [-0.2, 0) is 9.59 Å². The monoisotopic (exact) mass is 432 g/mol. The summed E-state index contributed by atoms with van der Waals surface area (Å²) in [6, 6.07) is 0. The molecule has 0 saturated heterocycles. The molecule has 0 amide bonds. The van der Waals surface area contributed by atoms with Crippen molar-refractivity contribution in [1.29, 1.82) is 0 Å². The topological polar surface area (TPSA) is 74.6 Å². The van der Waals surface area contributed by atoms with E-state index in [2.05, 4.69) is 31.6 Å². The van der Waals surface area contributed by atoms with Gasteiger partial charge in [0.15, 0.2) is 0 Å². The molecule has 0 saturated carbocycles. The van der Waals surface area contributed by atoms with Crippen molar-refractivity contribution in [3.8, 4) is 0 Å². The Hall–Kier alpha value is 1.17. The first-order valence-corrected chi connectivity index (χ1v) is 11.9. The Morgan fingerprint density at radius 3 is 1.24 bits per heavy atom. The van der Waals surface area contributed by atoms with Gasteiger partial charge < -0.3 is 10.2 Å². The summed E-state index contributed by atoms with van der Waals surface area (Å²) in [5.41, 5.74) is 0. The van der Waals surface area contributed by atoms with E-state index in [1.165, 1.54) is 108 Å². The van der Waals surface area contributed by atoms with Crippen LogP contribution in [0.1, 0.15) is 123 Å². The summed E-state index contributed by atoms with van der Waals surface area (Å²) < 4.78 is 0. The second kappa shape index (κ2) is 29.2. The average Bonchev–Trinajstić information content (AvgIpc) is 2.64. The van der Waals surface area contributed by atoms with Crippen LogP contribution < -0.4 is 0 Å². The first-order chi connectivity index (χ1) is 13.5. The molecule has 0 spiro atoms. The summed E-state index contributed by atoms with van der Waals surface area (Å²) in [6.07, 6.45) is 22.6. The van der Waals surface area contributed by atoms with Crippen molar-refractivity contribution in [2.75, 3.05) is 0 Å². The molecule has 29 heavy (non-hydrogen) atoms. The maximum atomic E-state index is 9.43. The van der Waals surface area contributed by atoms with Gasteiger partial charge in [-0.1, -0.05) is 13.3 Å². The van der Waals surface area contributed by atoms with E-state index in [1.807, 2.05) is 0 Å². The molecule has 0 aliphatic rings. The molecule has 1 unspecified atom stereocenters. The Morgan fingerprint density at radius 2 is 0.966 bits per heavy atom. The van der Waals surface area contributed by atoms with Gasteiger partial charge >= 0.3 is 195 Å². The molecule has 0 bridgehead atoms. The van der Waals surface area contributed by atoms with Gasteiger partial charge in [-0.15, -0.1) is 0 Å². The van der Waals surface area contributed by atoms with Crippen LogP contribution in [-0.4, -0.2) is 91.3 Å². The third kappa shape index (κ3) is 34.0. The van der Waals surface area contributed by atoms with E-state index in [-0.39, 0.29) is 51.4 Å². The molecule has 0 aliphatic heterocycles. The van der Waals surface area contributed by atoms with Gasteiger partial charge in [0.2, 0.25) is 0 Å². The molecule has 2 N–H and O–H groups in total. The Labute approximate surface area is 232 Å². The minimum atomic E-state index is -1.31. The standard InChI is InChI=1S/C20H41.C3H4O4.K.Li.H/c1-4-6-8-10-11-12-13-14-15-17-19-20(3)18-16-9-7-5-2;4-2(5)1-3(6)7;;;/h20H,3-19H2,1-2H3;1H2,(H,4,5)(H,6,7);;;. The van der Waals surface area contributed by atoms with E-state index in [1.54, 1.807) is 0 Å². The Morgan fingerprint density at radius 1 is 0.655 bits per heavy atom. The Balaban J connectivity index is -0.000000721. The van der Waals surface area contributed by atoms with Crippen LogP contribution >= 0.6 is 0 Å². The third-order valence-corrected chi connectivity index (χ3v) is 5.31. The molecule has 6 heteroatoms. The number of hydrogen-bond acceptors (Lipinski definition) is 2. The van der Waals surface area contributed by atoms with E-state index in [0.717, 1.165) is 5.92 Å².